The Hall–Kier alpha value is -1.03. The average Bonchev–Trinajstić information content (AvgIpc) is 2.52. The molecule has 1 saturated carbocycles. The molecular formula is C16H23BrN2O. The van der Waals surface area contributed by atoms with Crippen LogP contribution in [-0.2, 0) is 4.79 Å². The quantitative estimate of drug-likeness (QED) is 0.816. The van der Waals surface area contributed by atoms with Crippen LogP contribution < -0.4 is 11.1 Å². The minimum absolute atomic E-state index is 0.238. The number of nitrogens with two attached hydrogens (primary N) is 1. The van der Waals surface area contributed by atoms with Gasteiger partial charge in [0.1, 0.15) is 5.54 Å². The Morgan fingerprint density at radius 3 is 2.40 bits per heavy atom. The van der Waals surface area contributed by atoms with E-state index in [4.69, 9.17) is 5.73 Å². The molecule has 1 unspecified atom stereocenters. The topological polar surface area (TPSA) is 55.1 Å². The molecule has 0 spiro atoms. The molecule has 1 fully saturated rings. The summed E-state index contributed by atoms with van der Waals surface area (Å²) >= 11 is 3.42. The summed E-state index contributed by atoms with van der Waals surface area (Å²) in [6.07, 6.45) is 4.79. The Labute approximate surface area is 129 Å². The fourth-order valence-electron chi connectivity index (χ4n) is 2.91. The van der Waals surface area contributed by atoms with Gasteiger partial charge >= 0.3 is 0 Å². The molecule has 1 aliphatic carbocycles. The van der Waals surface area contributed by atoms with Crippen LogP contribution in [0.2, 0.25) is 0 Å². The molecule has 3 nitrogen and oxygen atoms in total. The van der Waals surface area contributed by atoms with E-state index < -0.39 is 5.54 Å². The molecule has 1 amide bonds. The van der Waals surface area contributed by atoms with Gasteiger partial charge in [-0.1, -0.05) is 36.2 Å². The number of hydrogen-bond donors (Lipinski definition) is 2. The van der Waals surface area contributed by atoms with Crippen molar-refractivity contribution in [3.8, 4) is 0 Å². The van der Waals surface area contributed by atoms with E-state index in [0.717, 1.165) is 42.3 Å². The third-order valence-electron chi connectivity index (χ3n) is 4.39. The normalized spacial score (nSPS) is 25.8. The molecule has 0 radical (unpaired) electrons. The molecule has 0 aliphatic heterocycles. The predicted molar refractivity (Wildman–Crippen MR) is 86.6 cm³/mol. The van der Waals surface area contributed by atoms with Gasteiger partial charge in [-0.2, -0.15) is 0 Å². The van der Waals surface area contributed by atoms with Crippen molar-refractivity contribution in [2.75, 3.05) is 5.32 Å². The lowest BCUT2D eigenvalue weighted by atomic mass is 9.83. The summed E-state index contributed by atoms with van der Waals surface area (Å²) in [4.78, 5) is 12.1. The number of hydrogen-bond acceptors (Lipinski definition) is 2. The van der Waals surface area contributed by atoms with E-state index in [0.29, 0.717) is 5.41 Å². The molecule has 3 N–H and O–H groups in total. The SMILES string of the molecule is CC1(C)CCCC(Nc2ccc(Br)cc2)(C(N)=O)CC1. The van der Waals surface area contributed by atoms with Gasteiger partial charge in [-0.3, -0.25) is 4.79 Å². The zero-order valence-electron chi connectivity index (χ0n) is 12.2. The minimum atomic E-state index is -0.610. The second kappa shape index (κ2) is 5.76. The van der Waals surface area contributed by atoms with Crippen LogP contribution in [0.25, 0.3) is 0 Å². The highest BCUT2D eigenvalue weighted by Gasteiger charge is 2.40. The third kappa shape index (κ3) is 3.54. The standard InChI is InChI=1S/C16H23BrN2O/c1-15(2)8-3-9-16(11-10-15,14(18)20)19-13-6-4-12(17)5-7-13/h4-7,19H,3,8-11H2,1-2H3,(H2,18,20). The van der Waals surface area contributed by atoms with Crippen LogP contribution in [0.1, 0.15) is 46.0 Å². The summed E-state index contributed by atoms with van der Waals surface area (Å²) in [5, 5.41) is 3.40. The lowest BCUT2D eigenvalue weighted by Gasteiger charge is -2.32. The van der Waals surface area contributed by atoms with Gasteiger partial charge in [0.25, 0.3) is 0 Å². The molecule has 0 heterocycles. The largest absolute Gasteiger partial charge is 0.371 e. The molecule has 2 rings (SSSR count). The zero-order valence-corrected chi connectivity index (χ0v) is 13.8. The first kappa shape index (κ1) is 15.4. The number of halogens is 1. The highest BCUT2D eigenvalue weighted by atomic mass is 79.9. The van der Waals surface area contributed by atoms with Crippen molar-refractivity contribution in [2.24, 2.45) is 11.1 Å². The number of amides is 1. The summed E-state index contributed by atoms with van der Waals surface area (Å²) in [6, 6.07) is 7.89. The van der Waals surface area contributed by atoms with E-state index in [1.807, 2.05) is 24.3 Å². The highest BCUT2D eigenvalue weighted by Crippen LogP contribution is 2.39. The third-order valence-corrected chi connectivity index (χ3v) is 4.91. The van der Waals surface area contributed by atoms with Crippen molar-refractivity contribution >= 4 is 27.5 Å². The van der Waals surface area contributed by atoms with Crippen LogP contribution in [0.4, 0.5) is 5.69 Å². The van der Waals surface area contributed by atoms with Crippen molar-refractivity contribution in [1.82, 2.24) is 0 Å². The van der Waals surface area contributed by atoms with E-state index in [1.165, 1.54) is 0 Å². The maximum absolute atomic E-state index is 12.1. The molecule has 0 saturated heterocycles. The first-order chi connectivity index (χ1) is 9.33. The summed E-state index contributed by atoms with van der Waals surface area (Å²) in [7, 11) is 0. The van der Waals surface area contributed by atoms with E-state index >= 15 is 0 Å². The Morgan fingerprint density at radius 2 is 1.80 bits per heavy atom. The van der Waals surface area contributed by atoms with Crippen molar-refractivity contribution in [3.63, 3.8) is 0 Å². The Kier molecular flexibility index (Phi) is 4.43. The molecule has 1 aliphatic rings. The van der Waals surface area contributed by atoms with E-state index in [2.05, 4.69) is 35.1 Å². The number of benzene rings is 1. The van der Waals surface area contributed by atoms with Gasteiger partial charge in [-0.15, -0.1) is 0 Å². The lowest BCUT2D eigenvalue weighted by molar-refractivity contribution is -0.122. The van der Waals surface area contributed by atoms with Crippen molar-refractivity contribution < 1.29 is 4.79 Å². The van der Waals surface area contributed by atoms with Crippen LogP contribution in [0.5, 0.6) is 0 Å². The maximum Gasteiger partial charge on any atom is 0.243 e. The first-order valence-corrected chi connectivity index (χ1v) is 7.96. The van der Waals surface area contributed by atoms with Crippen molar-refractivity contribution in [2.45, 2.75) is 51.5 Å². The summed E-state index contributed by atoms with van der Waals surface area (Å²) in [5.41, 5.74) is 6.36. The Balaban J connectivity index is 2.21. The molecule has 1 aromatic rings. The average molecular weight is 339 g/mol. The number of primary amides is 1. The van der Waals surface area contributed by atoms with Crippen LogP contribution >= 0.6 is 15.9 Å². The lowest BCUT2D eigenvalue weighted by Crippen LogP contribution is -2.50. The molecule has 4 heteroatoms. The fourth-order valence-corrected chi connectivity index (χ4v) is 3.18. The van der Waals surface area contributed by atoms with Crippen molar-refractivity contribution in [3.05, 3.63) is 28.7 Å². The minimum Gasteiger partial charge on any atom is -0.371 e. The fraction of sp³-hybridized carbons (Fsp3) is 0.562. The molecule has 1 atom stereocenters. The van der Waals surface area contributed by atoms with Crippen LogP contribution in [-0.4, -0.2) is 11.4 Å². The zero-order chi connectivity index (χ0) is 14.8. The molecule has 110 valence electrons. The van der Waals surface area contributed by atoms with E-state index in [-0.39, 0.29) is 5.91 Å². The molecule has 1 aromatic carbocycles. The first-order valence-electron chi connectivity index (χ1n) is 7.17. The Bertz CT molecular complexity index is 484. The van der Waals surface area contributed by atoms with Gasteiger partial charge in [-0.05, 0) is 55.4 Å². The van der Waals surface area contributed by atoms with E-state index in [1.54, 1.807) is 0 Å². The molecule has 0 bridgehead atoms. The predicted octanol–water partition coefficient (Wildman–Crippen LogP) is 4.08. The summed E-state index contributed by atoms with van der Waals surface area (Å²) < 4.78 is 1.03. The number of rotatable bonds is 3. The van der Waals surface area contributed by atoms with Crippen LogP contribution in [0.3, 0.4) is 0 Å². The van der Waals surface area contributed by atoms with Crippen molar-refractivity contribution in [1.29, 1.82) is 0 Å². The van der Waals surface area contributed by atoms with Crippen LogP contribution in [0, 0.1) is 5.41 Å². The smallest absolute Gasteiger partial charge is 0.243 e. The summed E-state index contributed by atoms with van der Waals surface area (Å²) in [6.45, 7) is 4.54. The number of nitrogens with one attached hydrogen (secondary N) is 1. The van der Waals surface area contributed by atoms with Gasteiger partial charge in [0.05, 0.1) is 0 Å². The highest BCUT2D eigenvalue weighted by molar-refractivity contribution is 9.10. The van der Waals surface area contributed by atoms with Gasteiger partial charge in [0, 0.05) is 10.2 Å². The maximum atomic E-state index is 12.1. The second-order valence-electron chi connectivity index (χ2n) is 6.60. The molecular weight excluding hydrogens is 316 g/mol. The van der Waals surface area contributed by atoms with Crippen LogP contribution in [0.15, 0.2) is 28.7 Å². The number of carbonyl (C=O) groups is 1. The van der Waals surface area contributed by atoms with Gasteiger partial charge in [-0.25, -0.2) is 0 Å². The van der Waals surface area contributed by atoms with Gasteiger partial charge < -0.3 is 11.1 Å². The van der Waals surface area contributed by atoms with Gasteiger partial charge in [0.15, 0.2) is 0 Å². The monoisotopic (exact) mass is 338 g/mol. The second-order valence-corrected chi connectivity index (χ2v) is 7.51. The summed E-state index contributed by atoms with van der Waals surface area (Å²) in [5.74, 6) is -0.238. The Morgan fingerprint density at radius 1 is 1.15 bits per heavy atom. The number of carbonyl (C=O) groups excluding carboxylic acids is 1. The molecule has 0 aromatic heterocycles. The van der Waals surface area contributed by atoms with Gasteiger partial charge in [0.2, 0.25) is 5.91 Å². The number of anilines is 1. The molecule has 20 heavy (non-hydrogen) atoms. The van der Waals surface area contributed by atoms with E-state index in [9.17, 15) is 4.79 Å².